The minimum Gasteiger partial charge on any atom is -0.427 e. The Balaban J connectivity index is 1.84. The fourth-order valence-electron chi connectivity index (χ4n) is 2.35. The van der Waals surface area contributed by atoms with Crippen molar-refractivity contribution in [1.29, 1.82) is 0 Å². The summed E-state index contributed by atoms with van der Waals surface area (Å²) in [5.41, 5.74) is 1.29. The van der Waals surface area contributed by atoms with E-state index in [0.717, 1.165) is 17.0 Å². The molecule has 0 unspecified atom stereocenters. The summed E-state index contributed by atoms with van der Waals surface area (Å²) in [4.78, 5) is 28.5. The number of carbonyl (C=O) groups is 2. The molecule has 0 saturated heterocycles. The lowest BCUT2D eigenvalue weighted by Crippen LogP contribution is -2.11. The summed E-state index contributed by atoms with van der Waals surface area (Å²) in [5.74, 6) is 0.00441. The molecular weight excluding hydrogens is 314 g/mol. The third-order valence-corrected chi connectivity index (χ3v) is 4.26. The lowest BCUT2D eigenvalue weighted by Gasteiger charge is -2.14. The number of hydrogen-bond acceptors (Lipinski definition) is 6. The highest BCUT2D eigenvalue weighted by Crippen LogP contribution is 2.26. The largest absolute Gasteiger partial charge is 0.427 e. The Labute approximate surface area is 137 Å². The van der Waals surface area contributed by atoms with Gasteiger partial charge in [0.25, 0.3) is 0 Å². The molecular formula is C16H15N3O3S. The van der Waals surface area contributed by atoms with Crippen LogP contribution >= 0.6 is 11.8 Å². The van der Waals surface area contributed by atoms with E-state index in [0.29, 0.717) is 24.2 Å². The molecule has 3 rings (SSSR count). The molecule has 0 saturated carbocycles. The summed E-state index contributed by atoms with van der Waals surface area (Å²) >= 11 is 1.45. The van der Waals surface area contributed by atoms with Gasteiger partial charge in [0.1, 0.15) is 18.4 Å². The molecule has 0 spiro atoms. The second-order valence-corrected chi connectivity index (χ2v) is 5.89. The van der Waals surface area contributed by atoms with Crippen molar-refractivity contribution in [2.24, 2.45) is 0 Å². The van der Waals surface area contributed by atoms with Crippen molar-refractivity contribution >= 4 is 23.5 Å². The molecule has 7 heteroatoms. The van der Waals surface area contributed by atoms with Crippen LogP contribution in [0.1, 0.15) is 29.6 Å². The first-order valence-corrected chi connectivity index (χ1v) is 8.38. The average Bonchev–Trinajstić information content (AvgIpc) is 3.08. The van der Waals surface area contributed by atoms with E-state index in [4.69, 9.17) is 4.74 Å². The van der Waals surface area contributed by atoms with Crippen molar-refractivity contribution in [1.82, 2.24) is 14.8 Å². The van der Waals surface area contributed by atoms with Gasteiger partial charge >= 0.3 is 5.97 Å². The maximum atomic E-state index is 12.4. The number of aromatic nitrogens is 3. The number of hydrogen-bond donors (Lipinski definition) is 0. The number of ether oxygens (including phenoxy) is 1. The van der Waals surface area contributed by atoms with Crippen molar-refractivity contribution in [2.45, 2.75) is 24.2 Å². The highest BCUT2D eigenvalue weighted by molar-refractivity contribution is 7.98. The number of rotatable bonds is 4. The van der Waals surface area contributed by atoms with Crippen molar-refractivity contribution in [3.05, 3.63) is 48.3 Å². The van der Waals surface area contributed by atoms with E-state index in [1.807, 2.05) is 12.3 Å². The van der Waals surface area contributed by atoms with E-state index in [2.05, 4.69) is 10.1 Å². The van der Waals surface area contributed by atoms with Crippen LogP contribution in [0.5, 0.6) is 0 Å². The Kier molecular flexibility index (Phi) is 4.57. The summed E-state index contributed by atoms with van der Waals surface area (Å²) in [7, 11) is 0. The van der Waals surface area contributed by atoms with Crippen LogP contribution in [-0.4, -0.2) is 32.8 Å². The van der Waals surface area contributed by atoms with Crippen LogP contribution in [0.15, 0.2) is 47.6 Å². The van der Waals surface area contributed by atoms with E-state index in [9.17, 15) is 9.59 Å². The second kappa shape index (κ2) is 6.78. The van der Waals surface area contributed by atoms with Crippen molar-refractivity contribution in [3.8, 4) is 5.69 Å². The van der Waals surface area contributed by atoms with Crippen LogP contribution < -0.4 is 0 Å². The predicted octanol–water partition coefficient (Wildman–Crippen LogP) is 2.78. The Morgan fingerprint density at radius 3 is 2.91 bits per heavy atom. The highest BCUT2D eigenvalue weighted by Gasteiger charge is 2.18. The third-order valence-electron chi connectivity index (χ3n) is 3.48. The number of ketones is 1. The number of carbonyl (C=O) groups excluding carboxylic acids is 2. The molecule has 1 aromatic carbocycles. The van der Waals surface area contributed by atoms with Crippen LogP contribution in [-0.2, 0) is 9.53 Å². The Hall–Kier alpha value is -2.41. The van der Waals surface area contributed by atoms with Crippen LogP contribution in [0.4, 0.5) is 0 Å². The van der Waals surface area contributed by atoms with Gasteiger partial charge in [-0.15, -0.1) is 11.8 Å². The van der Waals surface area contributed by atoms with Crippen LogP contribution in [0.25, 0.3) is 5.69 Å². The SMILES string of the molecule is CSc1cc(-n2cncn2)ccc1C(=O)OC1=CC(=O)CCC1. The zero-order valence-corrected chi connectivity index (χ0v) is 13.4. The minimum absolute atomic E-state index is 0.00525. The van der Waals surface area contributed by atoms with E-state index in [1.165, 1.54) is 24.2 Å². The van der Waals surface area contributed by atoms with Gasteiger partial charge in [-0.1, -0.05) is 0 Å². The third kappa shape index (κ3) is 3.50. The van der Waals surface area contributed by atoms with Crippen LogP contribution in [0.3, 0.4) is 0 Å². The van der Waals surface area contributed by atoms with Gasteiger partial charge in [-0.2, -0.15) is 5.10 Å². The molecule has 1 aliphatic carbocycles. The number of nitrogens with zero attached hydrogens (tertiary/aromatic N) is 3. The molecule has 118 valence electrons. The molecule has 23 heavy (non-hydrogen) atoms. The topological polar surface area (TPSA) is 74.1 Å². The Morgan fingerprint density at radius 2 is 2.22 bits per heavy atom. The molecule has 0 fully saturated rings. The van der Waals surface area contributed by atoms with Gasteiger partial charge in [0.05, 0.1) is 11.3 Å². The van der Waals surface area contributed by atoms with Crippen molar-refractivity contribution in [3.63, 3.8) is 0 Å². The van der Waals surface area contributed by atoms with Gasteiger partial charge < -0.3 is 4.74 Å². The number of esters is 1. The molecule has 1 aromatic heterocycles. The van der Waals surface area contributed by atoms with Gasteiger partial charge in [0.15, 0.2) is 5.78 Å². The van der Waals surface area contributed by atoms with Gasteiger partial charge in [0.2, 0.25) is 0 Å². The van der Waals surface area contributed by atoms with E-state index in [-0.39, 0.29) is 5.78 Å². The summed E-state index contributed by atoms with van der Waals surface area (Å²) in [6.07, 6.45) is 8.21. The summed E-state index contributed by atoms with van der Waals surface area (Å²) in [6, 6.07) is 5.35. The molecule has 1 heterocycles. The molecule has 1 aliphatic rings. The first-order chi connectivity index (χ1) is 11.2. The first kappa shape index (κ1) is 15.5. The standard InChI is InChI=1S/C16H15N3O3S/c1-23-15-7-11(19-10-17-9-18-19)5-6-14(15)16(21)22-13-4-2-3-12(20)8-13/h5-10H,2-4H2,1H3. The van der Waals surface area contributed by atoms with Crippen LogP contribution in [0.2, 0.25) is 0 Å². The molecule has 2 aromatic rings. The van der Waals surface area contributed by atoms with E-state index >= 15 is 0 Å². The molecule has 0 radical (unpaired) electrons. The van der Waals surface area contributed by atoms with E-state index in [1.54, 1.807) is 23.1 Å². The lowest BCUT2D eigenvalue weighted by atomic mass is 10.1. The maximum absolute atomic E-state index is 12.4. The van der Waals surface area contributed by atoms with Crippen LogP contribution in [0, 0.1) is 0 Å². The zero-order valence-electron chi connectivity index (χ0n) is 12.6. The molecule has 6 nitrogen and oxygen atoms in total. The molecule has 0 amide bonds. The minimum atomic E-state index is -0.444. The fraction of sp³-hybridized carbons (Fsp3) is 0.250. The predicted molar refractivity (Wildman–Crippen MR) is 85.5 cm³/mol. The first-order valence-electron chi connectivity index (χ1n) is 7.16. The van der Waals surface area contributed by atoms with Gasteiger partial charge in [-0.25, -0.2) is 14.5 Å². The van der Waals surface area contributed by atoms with Gasteiger partial charge in [-0.05, 0) is 30.9 Å². The van der Waals surface area contributed by atoms with E-state index < -0.39 is 5.97 Å². The Morgan fingerprint density at radius 1 is 1.35 bits per heavy atom. The maximum Gasteiger partial charge on any atom is 0.344 e. The lowest BCUT2D eigenvalue weighted by molar-refractivity contribution is -0.115. The zero-order chi connectivity index (χ0) is 16.2. The quantitative estimate of drug-likeness (QED) is 0.634. The second-order valence-electron chi connectivity index (χ2n) is 5.04. The molecule has 0 aliphatic heterocycles. The smallest absolute Gasteiger partial charge is 0.344 e. The number of allylic oxidation sites excluding steroid dienone is 2. The normalized spacial score (nSPS) is 14.5. The average molecular weight is 329 g/mol. The summed E-state index contributed by atoms with van der Waals surface area (Å²) in [5, 5.41) is 4.07. The highest BCUT2D eigenvalue weighted by atomic mass is 32.2. The monoisotopic (exact) mass is 329 g/mol. The molecule has 0 bridgehead atoms. The summed E-state index contributed by atoms with van der Waals surface area (Å²) < 4.78 is 7.00. The molecule has 0 atom stereocenters. The number of benzene rings is 1. The summed E-state index contributed by atoms with van der Waals surface area (Å²) in [6.45, 7) is 0. The van der Waals surface area contributed by atoms with Crippen molar-refractivity contribution < 1.29 is 14.3 Å². The molecule has 0 N–H and O–H groups in total. The van der Waals surface area contributed by atoms with Crippen molar-refractivity contribution in [2.75, 3.05) is 6.26 Å². The number of thioether (sulfide) groups is 1. The fourth-order valence-corrected chi connectivity index (χ4v) is 2.96. The van der Waals surface area contributed by atoms with Gasteiger partial charge in [-0.3, -0.25) is 4.79 Å². The van der Waals surface area contributed by atoms with Gasteiger partial charge in [0, 0.05) is 23.8 Å². The Bertz CT molecular complexity index is 769.